The molecule has 36 heavy (non-hydrogen) atoms. The van der Waals surface area contributed by atoms with Crippen LogP contribution < -0.4 is 15.6 Å². The number of rotatable bonds is 7. The van der Waals surface area contributed by atoms with Gasteiger partial charge in [-0.3, -0.25) is 14.4 Å². The number of methoxy groups -OCH3 is 1. The van der Waals surface area contributed by atoms with Gasteiger partial charge < -0.3 is 24.2 Å². The van der Waals surface area contributed by atoms with Crippen LogP contribution in [0, 0.1) is 0 Å². The van der Waals surface area contributed by atoms with E-state index in [1.165, 1.54) is 14.0 Å². The molecule has 1 amide bonds. The molecule has 3 aromatic carbocycles. The Hall–Kier alpha value is -4.66. The summed E-state index contributed by atoms with van der Waals surface area (Å²) in [6.45, 7) is 1.48. The Balaban J connectivity index is 1.24. The average Bonchev–Trinajstić information content (AvgIpc) is 3.24. The van der Waals surface area contributed by atoms with E-state index in [1.54, 1.807) is 36.4 Å². The summed E-state index contributed by atoms with van der Waals surface area (Å²) in [5, 5.41) is 5.02. The SMILES string of the molecule is COc1cc2c(cc1NC(=O)C(C)OC(=O)CCc1nc3ccccc3c(=O)[nH]1)oc1ccccc12. The molecule has 0 radical (unpaired) electrons. The third kappa shape index (κ3) is 4.50. The van der Waals surface area contributed by atoms with Crippen LogP contribution in [-0.4, -0.2) is 35.1 Å². The van der Waals surface area contributed by atoms with Crippen LogP contribution in [0.1, 0.15) is 19.2 Å². The number of aromatic amines is 1. The number of anilines is 1. The number of esters is 1. The van der Waals surface area contributed by atoms with Crippen LogP contribution in [0.2, 0.25) is 0 Å². The van der Waals surface area contributed by atoms with E-state index in [4.69, 9.17) is 13.9 Å². The summed E-state index contributed by atoms with van der Waals surface area (Å²) in [6, 6.07) is 18.1. The highest BCUT2D eigenvalue weighted by Gasteiger charge is 2.21. The lowest BCUT2D eigenvalue weighted by molar-refractivity contribution is -0.153. The van der Waals surface area contributed by atoms with Crippen molar-refractivity contribution in [1.82, 2.24) is 9.97 Å². The topological polar surface area (TPSA) is 124 Å². The summed E-state index contributed by atoms with van der Waals surface area (Å²) in [7, 11) is 1.51. The summed E-state index contributed by atoms with van der Waals surface area (Å²) in [6.07, 6.45) is -0.936. The molecule has 1 unspecified atom stereocenters. The number of furan rings is 1. The predicted octanol–water partition coefficient (Wildman–Crippen LogP) is 4.33. The number of aromatic nitrogens is 2. The van der Waals surface area contributed by atoms with Gasteiger partial charge in [-0.2, -0.15) is 0 Å². The predicted molar refractivity (Wildman–Crippen MR) is 135 cm³/mol. The smallest absolute Gasteiger partial charge is 0.307 e. The molecule has 0 aliphatic carbocycles. The second-order valence-corrected chi connectivity index (χ2v) is 8.30. The van der Waals surface area contributed by atoms with Crippen LogP contribution in [0.5, 0.6) is 5.75 Å². The number of H-pyrrole nitrogens is 1. The molecule has 0 aliphatic heterocycles. The molecule has 0 bridgehead atoms. The van der Waals surface area contributed by atoms with Crippen LogP contribution in [0.3, 0.4) is 0 Å². The number of hydrogen-bond acceptors (Lipinski definition) is 7. The number of amides is 1. The van der Waals surface area contributed by atoms with Gasteiger partial charge in [0.1, 0.15) is 22.7 Å². The fourth-order valence-electron chi connectivity index (χ4n) is 4.04. The minimum absolute atomic E-state index is 0.0484. The first-order chi connectivity index (χ1) is 17.4. The van der Waals surface area contributed by atoms with Gasteiger partial charge in [0, 0.05) is 23.3 Å². The lowest BCUT2D eigenvalue weighted by atomic mass is 10.1. The van der Waals surface area contributed by atoms with Crippen LogP contribution in [0.15, 0.2) is 69.9 Å². The standard InChI is InChI=1S/C27H23N3O6/c1-15(35-25(31)12-11-24-28-19-9-5-3-8-17(19)27(33)30-24)26(32)29-20-14-22-18(13-23(20)34-2)16-7-4-6-10-21(16)36-22/h3-10,13-15H,11-12H2,1-2H3,(H,29,32)(H,28,30,33). The second-order valence-electron chi connectivity index (χ2n) is 8.30. The zero-order valence-corrected chi connectivity index (χ0v) is 19.7. The monoisotopic (exact) mass is 485 g/mol. The van der Waals surface area contributed by atoms with E-state index in [2.05, 4.69) is 15.3 Å². The van der Waals surface area contributed by atoms with Crippen molar-refractivity contribution >= 4 is 50.4 Å². The van der Waals surface area contributed by atoms with Crippen LogP contribution >= 0.6 is 0 Å². The number of fused-ring (bicyclic) bond motifs is 4. The number of hydrogen-bond donors (Lipinski definition) is 2. The van der Waals surface area contributed by atoms with Gasteiger partial charge in [0.05, 0.1) is 30.1 Å². The Morgan fingerprint density at radius 1 is 1.03 bits per heavy atom. The molecule has 0 fully saturated rings. The Morgan fingerprint density at radius 3 is 2.58 bits per heavy atom. The molecule has 0 spiro atoms. The lowest BCUT2D eigenvalue weighted by Crippen LogP contribution is -2.30. The quantitative estimate of drug-likeness (QED) is 0.329. The summed E-state index contributed by atoms with van der Waals surface area (Å²) in [4.78, 5) is 44.4. The maximum absolute atomic E-state index is 12.8. The average molecular weight is 485 g/mol. The first kappa shape index (κ1) is 23.1. The van der Waals surface area contributed by atoms with Gasteiger partial charge in [-0.05, 0) is 31.2 Å². The first-order valence-electron chi connectivity index (χ1n) is 11.4. The van der Waals surface area contributed by atoms with E-state index in [0.29, 0.717) is 33.7 Å². The van der Waals surface area contributed by atoms with Crippen LogP contribution in [-0.2, 0) is 20.7 Å². The summed E-state index contributed by atoms with van der Waals surface area (Å²) in [5.41, 5.74) is 1.99. The number of carbonyl (C=O) groups excluding carboxylic acids is 2. The molecule has 9 heteroatoms. The van der Waals surface area contributed by atoms with Gasteiger partial charge in [-0.15, -0.1) is 0 Å². The van der Waals surface area contributed by atoms with Crippen LogP contribution in [0.25, 0.3) is 32.8 Å². The van der Waals surface area contributed by atoms with Gasteiger partial charge >= 0.3 is 5.97 Å². The summed E-state index contributed by atoms with van der Waals surface area (Å²) < 4.78 is 16.6. The third-order valence-corrected chi connectivity index (χ3v) is 5.86. The van der Waals surface area contributed by atoms with E-state index in [1.807, 2.05) is 24.3 Å². The van der Waals surface area contributed by atoms with Crippen molar-refractivity contribution in [3.8, 4) is 5.75 Å². The molecule has 2 N–H and O–H groups in total. The number of nitrogens with one attached hydrogen (secondary N) is 2. The number of benzene rings is 3. The molecule has 2 aromatic heterocycles. The highest BCUT2D eigenvalue weighted by atomic mass is 16.5. The third-order valence-electron chi connectivity index (χ3n) is 5.86. The molecule has 5 aromatic rings. The van der Waals surface area contributed by atoms with E-state index in [9.17, 15) is 14.4 Å². The lowest BCUT2D eigenvalue weighted by Gasteiger charge is -2.15. The molecule has 2 heterocycles. The van der Waals surface area contributed by atoms with Gasteiger partial charge in [0.25, 0.3) is 11.5 Å². The molecule has 9 nitrogen and oxygen atoms in total. The van der Waals surface area contributed by atoms with E-state index in [0.717, 1.165) is 16.4 Å². The van der Waals surface area contributed by atoms with Crippen molar-refractivity contribution in [1.29, 1.82) is 0 Å². The Kier molecular flexibility index (Phi) is 6.12. The maximum atomic E-state index is 12.8. The van der Waals surface area contributed by atoms with Gasteiger partial charge in [0.15, 0.2) is 6.10 Å². The van der Waals surface area contributed by atoms with E-state index in [-0.39, 0.29) is 18.4 Å². The number of ether oxygens (including phenoxy) is 2. The summed E-state index contributed by atoms with van der Waals surface area (Å²) in [5.74, 6) is -0.286. The zero-order chi connectivity index (χ0) is 25.2. The maximum Gasteiger partial charge on any atom is 0.307 e. The highest BCUT2D eigenvalue weighted by Crippen LogP contribution is 2.36. The number of nitrogens with zero attached hydrogens (tertiary/aromatic N) is 1. The molecular formula is C27H23N3O6. The fraction of sp³-hybridized carbons (Fsp3) is 0.185. The molecule has 182 valence electrons. The fourth-order valence-corrected chi connectivity index (χ4v) is 4.04. The number of para-hydroxylation sites is 2. The van der Waals surface area contributed by atoms with Crippen molar-refractivity contribution in [3.63, 3.8) is 0 Å². The second kappa shape index (κ2) is 9.53. The Bertz CT molecular complexity index is 1670. The van der Waals surface area contributed by atoms with Crippen molar-refractivity contribution in [2.45, 2.75) is 25.9 Å². The number of carbonyl (C=O) groups is 2. The molecule has 0 aliphatic rings. The molecule has 0 saturated carbocycles. The molecule has 5 rings (SSSR count). The van der Waals surface area contributed by atoms with Crippen molar-refractivity contribution in [3.05, 3.63) is 76.8 Å². The Labute approximate surface area is 205 Å². The zero-order valence-electron chi connectivity index (χ0n) is 19.7. The van der Waals surface area contributed by atoms with Gasteiger partial charge in [0.2, 0.25) is 0 Å². The Morgan fingerprint density at radius 2 is 1.78 bits per heavy atom. The van der Waals surface area contributed by atoms with E-state index < -0.39 is 18.0 Å². The number of aryl methyl sites for hydroxylation is 1. The van der Waals surface area contributed by atoms with Crippen LogP contribution in [0.4, 0.5) is 5.69 Å². The molecule has 1 atom stereocenters. The molecular weight excluding hydrogens is 462 g/mol. The summed E-state index contributed by atoms with van der Waals surface area (Å²) >= 11 is 0. The minimum Gasteiger partial charge on any atom is -0.495 e. The normalized spacial score (nSPS) is 12.1. The van der Waals surface area contributed by atoms with Gasteiger partial charge in [-0.25, -0.2) is 4.98 Å². The molecule has 0 saturated heterocycles. The van der Waals surface area contributed by atoms with E-state index >= 15 is 0 Å². The highest BCUT2D eigenvalue weighted by molar-refractivity contribution is 6.08. The van der Waals surface area contributed by atoms with Crippen molar-refractivity contribution in [2.75, 3.05) is 12.4 Å². The van der Waals surface area contributed by atoms with Crippen molar-refractivity contribution < 1.29 is 23.5 Å². The largest absolute Gasteiger partial charge is 0.495 e. The van der Waals surface area contributed by atoms with Crippen molar-refractivity contribution in [2.24, 2.45) is 0 Å². The van der Waals surface area contributed by atoms with Gasteiger partial charge in [-0.1, -0.05) is 30.3 Å². The minimum atomic E-state index is -1.06. The first-order valence-corrected chi connectivity index (χ1v) is 11.4.